The first-order valence-corrected chi connectivity index (χ1v) is 9.73. The van der Waals surface area contributed by atoms with Crippen LogP contribution in [0.15, 0.2) is 40.7 Å². The summed E-state index contributed by atoms with van der Waals surface area (Å²) in [6.07, 6.45) is 0. The third-order valence-corrected chi connectivity index (χ3v) is 5.42. The van der Waals surface area contributed by atoms with E-state index in [9.17, 15) is 0 Å². The fourth-order valence-corrected chi connectivity index (χ4v) is 3.89. The van der Waals surface area contributed by atoms with Crippen molar-refractivity contribution in [1.82, 2.24) is 4.90 Å². The van der Waals surface area contributed by atoms with Gasteiger partial charge in [0.15, 0.2) is 17.5 Å². The number of rotatable bonds is 7. The van der Waals surface area contributed by atoms with Gasteiger partial charge in [0.25, 0.3) is 0 Å². The second kappa shape index (κ2) is 9.59. The summed E-state index contributed by atoms with van der Waals surface area (Å²) < 4.78 is 16.1. The second-order valence-corrected chi connectivity index (χ2v) is 7.08. The van der Waals surface area contributed by atoms with Gasteiger partial charge in [-0.05, 0) is 23.6 Å². The number of hydrogen-bond acceptors (Lipinski definition) is 6. The topological polar surface area (TPSA) is 81.3 Å². The molecule has 3 rings (SSSR count). The Hall–Kier alpha value is -2.29. The molecule has 1 aliphatic heterocycles. The van der Waals surface area contributed by atoms with Gasteiger partial charge in [0.05, 0.1) is 40.0 Å². The molecule has 7 nitrogen and oxygen atoms in total. The number of guanidine groups is 1. The summed E-state index contributed by atoms with van der Waals surface area (Å²) in [5, 5.41) is 5.22. The van der Waals surface area contributed by atoms with Gasteiger partial charge < -0.3 is 25.3 Å². The van der Waals surface area contributed by atoms with Gasteiger partial charge in [-0.15, -0.1) is 11.3 Å². The van der Waals surface area contributed by atoms with Gasteiger partial charge in [0, 0.05) is 29.7 Å². The monoisotopic (exact) mass is 390 g/mol. The molecule has 27 heavy (non-hydrogen) atoms. The summed E-state index contributed by atoms with van der Waals surface area (Å²) in [6.45, 7) is 3.91. The third kappa shape index (κ3) is 5.12. The van der Waals surface area contributed by atoms with Gasteiger partial charge >= 0.3 is 0 Å². The van der Waals surface area contributed by atoms with Crippen LogP contribution in [-0.4, -0.2) is 57.9 Å². The Bertz CT molecular complexity index is 745. The molecule has 0 aliphatic carbocycles. The fourth-order valence-electron chi connectivity index (χ4n) is 3.04. The van der Waals surface area contributed by atoms with Crippen molar-refractivity contribution in [3.8, 4) is 11.5 Å². The third-order valence-electron chi connectivity index (χ3n) is 4.45. The predicted molar refractivity (Wildman–Crippen MR) is 109 cm³/mol. The molecule has 1 fully saturated rings. The van der Waals surface area contributed by atoms with Crippen molar-refractivity contribution in [3.63, 3.8) is 0 Å². The first-order valence-electron chi connectivity index (χ1n) is 8.85. The molecule has 1 unspecified atom stereocenters. The number of ether oxygens (including phenoxy) is 3. The summed E-state index contributed by atoms with van der Waals surface area (Å²) in [4.78, 5) is 8.28. The van der Waals surface area contributed by atoms with Crippen LogP contribution in [0.2, 0.25) is 0 Å². The molecule has 1 aliphatic rings. The number of hydrogen-bond donors (Lipinski definition) is 2. The molecule has 0 amide bonds. The number of nitrogens with zero attached hydrogens (tertiary/aromatic N) is 2. The molecule has 0 spiro atoms. The van der Waals surface area contributed by atoms with E-state index >= 15 is 0 Å². The first kappa shape index (κ1) is 19.5. The SMILES string of the molecule is COc1ccc(NC(N)=NCC(c2cccs2)N2CCOCC2)cc1OC. The molecule has 8 heteroatoms. The van der Waals surface area contributed by atoms with Crippen LogP contribution in [-0.2, 0) is 4.74 Å². The van der Waals surface area contributed by atoms with Gasteiger partial charge in [0.1, 0.15) is 0 Å². The van der Waals surface area contributed by atoms with E-state index in [1.54, 1.807) is 25.6 Å². The number of methoxy groups -OCH3 is 2. The van der Waals surface area contributed by atoms with Crippen LogP contribution in [0.25, 0.3) is 0 Å². The van der Waals surface area contributed by atoms with Crippen molar-refractivity contribution in [2.24, 2.45) is 10.7 Å². The number of nitrogens with one attached hydrogen (secondary N) is 1. The van der Waals surface area contributed by atoms with Crippen LogP contribution >= 0.6 is 11.3 Å². The maximum atomic E-state index is 6.13. The number of benzene rings is 1. The molecule has 2 aromatic rings. The molecular weight excluding hydrogens is 364 g/mol. The Balaban J connectivity index is 1.68. The van der Waals surface area contributed by atoms with Crippen molar-refractivity contribution >= 4 is 23.0 Å². The largest absolute Gasteiger partial charge is 0.493 e. The van der Waals surface area contributed by atoms with E-state index in [0.717, 1.165) is 32.0 Å². The molecule has 1 aromatic heterocycles. The van der Waals surface area contributed by atoms with Crippen LogP contribution in [0.3, 0.4) is 0 Å². The predicted octanol–water partition coefficient (Wildman–Crippen LogP) is 2.57. The molecule has 0 radical (unpaired) electrons. The van der Waals surface area contributed by atoms with E-state index in [0.29, 0.717) is 24.0 Å². The van der Waals surface area contributed by atoms with Crippen LogP contribution in [0.4, 0.5) is 5.69 Å². The van der Waals surface area contributed by atoms with Crippen molar-refractivity contribution in [3.05, 3.63) is 40.6 Å². The van der Waals surface area contributed by atoms with Crippen molar-refractivity contribution in [2.75, 3.05) is 52.4 Å². The van der Waals surface area contributed by atoms with E-state index in [4.69, 9.17) is 19.9 Å². The van der Waals surface area contributed by atoms with Crippen molar-refractivity contribution < 1.29 is 14.2 Å². The average Bonchev–Trinajstić information content (AvgIpc) is 3.23. The fraction of sp³-hybridized carbons (Fsp3) is 0.421. The van der Waals surface area contributed by atoms with Gasteiger partial charge in [-0.1, -0.05) is 6.07 Å². The van der Waals surface area contributed by atoms with Crippen LogP contribution in [0.1, 0.15) is 10.9 Å². The Morgan fingerprint density at radius 1 is 1.26 bits per heavy atom. The Kier molecular flexibility index (Phi) is 6.92. The number of nitrogens with two attached hydrogens (primary N) is 1. The Morgan fingerprint density at radius 3 is 2.70 bits per heavy atom. The highest BCUT2D eigenvalue weighted by molar-refractivity contribution is 7.10. The van der Waals surface area contributed by atoms with Gasteiger partial charge in [-0.25, -0.2) is 0 Å². The summed E-state index contributed by atoms with van der Waals surface area (Å²) in [7, 11) is 3.21. The van der Waals surface area contributed by atoms with Crippen LogP contribution < -0.4 is 20.5 Å². The smallest absolute Gasteiger partial charge is 0.193 e. The van der Waals surface area contributed by atoms with E-state index in [1.165, 1.54) is 4.88 Å². The number of morpholine rings is 1. The van der Waals surface area contributed by atoms with E-state index in [1.807, 2.05) is 18.2 Å². The zero-order valence-electron chi connectivity index (χ0n) is 15.7. The molecule has 2 heterocycles. The summed E-state index contributed by atoms with van der Waals surface area (Å²) in [5.74, 6) is 1.68. The van der Waals surface area contributed by atoms with Crippen LogP contribution in [0, 0.1) is 0 Å². The maximum Gasteiger partial charge on any atom is 0.193 e. The summed E-state index contributed by atoms with van der Waals surface area (Å²) in [6, 6.07) is 9.97. The van der Waals surface area contributed by atoms with Gasteiger partial charge in [-0.2, -0.15) is 0 Å². The number of aliphatic imine (C=N–C) groups is 1. The number of thiophene rings is 1. The lowest BCUT2D eigenvalue weighted by molar-refractivity contribution is 0.0187. The molecule has 1 atom stereocenters. The molecule has 3 N–H and O–H groups in total. The second-order valence-electron chi connectivity index (χ2n) is 6.10. The molecule has 1 saturated heterocycles. The highest BCUT2D eigenvalue weighted by Crippen LogP contribution is 2.30. The molecule has 0 saturated carbocycles. The van der Waals surface area contributed by atoms with Crippen molar-refractivity contribution in [2.45, 2.75) is 6.04 Å². The molecular formula is C19H26N4O3S. The highest BCUT2D eigenvalue weighted by Gasteiger charge is 2.23. The summed E-state index contributed by atoms with van der Waals surface area (Å²) in [5.41, 5.74) is 6.93. The molecule has 146 valence electrons. The van der Waals surface area contributed by atoms with Crippen molar-refractivity contribution in [1.29, 1.82) is 0 Å². The maximum absolute atomic E-state index is 6.13. The minimum Gasteiger partial charge on any atom is -0.493 e. The van der Waals surface area contributed by atoms with E-state index in [2.05, 4.69) is 32.7 Å². The minimum absolute atomic E-state index is 0.208. The zero-order chi connectivity index (χ0) is 19.1. The lowest BCUT2D eigenvalue weighted by Crippen LogP contribution is -2.40. The lowest BCUT2D eigenvalue weighted by Gasteiger charge is -2.33. The average molecular weight is 391 g/mol. The normalized spacial score (nSPS) is 16.7. The van der Waals surface area contributed by atoms with E-state index in [-0.39, 0.29) is 6.04 Å². The first-order chi connectivity index (χ1) is 13.2. The van der Waals surface area contributed by atoms with Gasteiger partial charge in [0.2, 0.25) is 0 Å². The standard InChI is InChI=1S/C19H26N4O3S/c1-24-16-6-5-14(12-17(16)25-2)22-19(20)21-13-15(18-4-3-11-27-18)23-7-9-26-10-8-23/h3-6,11-12,15H,7-10,13H2,1-2H3,(H3,20,21,22). The quantitative estimate of drug-likeness (QED) is 0.559. The molecule has 1 aromatic carbocycles. The Labute approximate surface area is 163 Å². The highest BCUT2D eigenvalue weighted by atomic mass is 32.1. The zero-order valence-corrected chi connectivity index (χ0v) is 16.5. The molecule has 0 bridgehead atoms. The van der Waals surface area contributed by atoms with E-state index < -0.39 is 0 Å². The Morgan fingerprint density at radius 2 is 2.04 bits per heavy atom. The summed E-state index contributed by atoms with van der Waals surface area (Å²) >= 11 is 1.75. The van der Waals surface area contributed by atoms with Crippen LogP contribution in [0.5, 0.6) is 11.5 Å². The minimum atomic E-state index is 0.208. The lowest BCUT2D eigenvalue weighted by atomic mass is 10.2. The van der Waals surface area contributed by atoms with Gasteiger partial charge in [-0.3, -0.25) is 9.89 Å². The number of anilines is 1.